The lowest BCUT2D eigenvalue weighted by Crippen LogP contribution is -2.46. The molecule has 0 fully saturated rings. The van der Waals surface area contributed by atoms with E-state index in [1.54, 1.807) is 0 Å². The maximum atomic E-state index is 12.9. The van der Waals surface area contributed by atoms with Crippen LogP contribution in [0.5, 0.6) is 0 Å². The van der Waals surface area contributed by atoms with Gasteiger partial charge in [0.25, 0.3) is 0 Å². The summed E-state index contributed by atoms with van der Waals surface area (Å²) in [5.41, 5.74) is -2.87. The summed E-state index contributed by atoms with van der Waals surface area (Å²) in [6, 6.07) is 0. The van der Waals surface area contributed by atoms with Gasteiger partial charge in [0, 0.05) is 5.54 Å². The Labute approximate surface area is 108 Å². The Balaban J connectivity index is 3.52. The Morgan fingerprint density at radius 2 is 1.84 bits per heavy atom. The quantitative estimate of drug-likeness (QED) is 0.856. The molecule has 0 aliphatic carbocycles. The molecule has 0 saturated heterocycles. The zero-order chi connectivity index (χ0) is 15.0. The van der Waals surface area contributed by atoms with E-state index in [9.17, 15) is 18.0 Å². The SMILES string of the molecule is Cc1ncc(N(C(=O)O)C(C)(C)C)c(C(F)(F)F)n1. The number of anilines is 1. The molecule has 1 rings (SSSR count). The van der Waals surface area contributed by atoms with Crippen molar-refractivity contribution in [2.24, 2.45) is 0 Å². The van der Waals surface area contributed by atoms with Gasteiger partial charge in [-0.2, -0.15) is 13.2 Å². The van der Waals surface area contributed by atoms with E-state index in [1.165, 1.54) is 27.7 Å². The van der Waals surface area contributed by atoms with E-state index in [1.807, 2.05) is 0 Å². The minimum absolute atomic E-state index is 0.0738. The first-order valence-corrected chi connectivity index (χ1v) is 5.38. The third-order valence-corrected chi connectivity index (χ3v) is 2.26. The first kappa shape index (κ1) is 15.2. The van der Waals surface area contributed by atoms with Gasteiger partial charge < -0.3 is 5.11 Å². The normalized spacial score (nSPS) is 12.4. The minimum Gasteiger partial charge on any atom is -0.465 e. The van der Waals surface area contributed by atoms with Gasteiger partial charge in [-0.25, -0.2) is 14.8 Å². The maximum Gasteiger partial charge on any atom is 0.435 e. The third-order valence-electron chi connectivity index (χ3n) is 2.26. The van der Waals surface area contributed by atoms with Gasteiger partial charge in [0.05, 0.1) is 11.9 Å². The van der Waals surface area contributed by atoms with Crippen molar-refractivity contribution in [1.82, 2.24) is 9.97 Å². The second-order valence-corrected chi connectivity index (χ2v) is 4.94. The predicted molar refractivity (Wildman–Crippen MR) is 62.0 cm³/mol. The summed E-state index contributed by atoms with van der Waals surface area (Å²) in [4.78, 5) is 18.8. The Morgan fingerprint density at radius 1 is 1.32 bits per heavy atom. The Bertz CT molecular complexity index is 495. The Morgan fingerprint density at radius 3 is 2.21 bits per heavy atom. The zero-order valence-electron chi connectivity index (χ0n) is 10.9. The Hall–Kier alpha value is -1.86. The second-order valence-electron chi connectivity index (χ2n) is 4.94. The molecule has 0 aliphatic heterocycles. The molecule has 0 spiro atoms. The van der Waals surface area contributed by atoms with Crippen LogP contribution in [0.1, 0.15) is 32.3 Å². The first-order chi connectivity index (χ1) is 8.44. The molecule has 1 aromatic heterocycles. The number of aromatic nitrogens is 2. The van der Waals surface area contributed by atoms with Crippen molar-refractivity contribution in [3.8, 4) is 0 Å². The van der Waals surface area contributed by atoms with Crippen LogP contribution in [0.2, 0.25) is 0 Å². The molecular weight excluding hydrogens is 263 g/mol. The van der Waals surface area contributed by atoms with Crippen molar-refractivity contribution in [3.63, 3.8) is 0 Å². The molecule has 1 aromatic rings. The summed E-state index contributed by atoms with van der Waals surface area (Å²) in [7, 11) is 0. The van der Waals surface area contributed by atoms with E-state index in [0.29, 0.717) is 4.90 Å². The number of amides is 1. The van der Waals surface area contributed by atoms with E-state index in [0.717, 1.165) is 6.20 Å². The molecule has 8 heteroatoms. The van der Waals surface area contributed by atoms with Crippen molar-refractivity contribution in [3.05, 3.63) is 17.7 Å². The summed E-state index contributed by atoms with van der Waals surface area (Å²) in [6.07, 6.45) is -5.36. The lowest BCUT2D eigenvalue weighted by molar-refractivity contribution is -0.140. The summed E-state index contributed by atoms with van der Waals surface area (Å²) in [5.74, 6) is -0.0738. The topological polar surface area (TPSA) is 66.3 Å². The van der Waals surface area contributed by atoms with Crippen LogP contribution >= 0.6 is 0 Å². The smallest absolute Gasteiger partial charge is 0.435 e. The molecule has 5 nitrogen and oxygen atoms in total. The van der Waals surface area contributed by atoms with E-state index < -0.39 is 29.2 Å². The highest BCUT2D eigenvalue weighted by Crippen LogP contribution is 2.37. The molecular formula is C11H14F3N3O2. The van der Waals surface area contributed by atoms with E-state index in [-0.39, 0.29) is 5.82 Å². The summed E-state index contributed by atoms with van der Waals surface area (Å²) < 4.78 is 38.8. The lowest BCUT2D eigenvalue weighted by Gasteiger charge is -2.33. The van der Waals surface area contributed by atoms with Crippen molar-refractivity contribution in [2.75, 3.05) is 4.90 Å². The number of halogens is 3. The number of hydrogen-bond donors (Lipinski definition) is 1. The first-order valence-electron chi connectivity index (χ1n) is 5.38. The predicted octanol–water partition coefficient (Wildman–Crippen LogP) is 3.09. The molecule has 0 atom stereocenters. The molecule has 0 aromatic carbocycles. The fourth-order valence-corrected chi connectivity index (χ4v) is 1.59. The summed E-state index contributed by atoms with van der Waals surface area (Å²) in [6.45, 7) is 5.77. The van der Waals surface area contributed by atoms with Gasteiger partial charge in [0.2, 0.25) is 0 Å². The van der Waals surface area contributed by atoms with Gasteiger partial charge in [-0.1, -0.05) is 0 Å². The third kappa shape index (κ3) is 3.33. The molecule has 106 valence electrons. The minimum atomic E-state index is -4.75. The molecule has 0 bridgehead atoms. The van der Waals surface area contributed by atoms with Gasteiger partial charge in [-0.05, 0) is 27.7 Å². The molecule has 0 saturated carbocycles. The average molecular weight is 277 g/mol. The van der Waals surface area contributed by atoms with E-state index in [2.05, 4.69) is 9.97 Å². The van der Waals surface area contributed by atoms with Crippen molar-refractivity contribution < 1.29 is 23.1 Å². The Kier molecular flexibility index (Phi) is 3.74. The number of aryl methyl sites for hydroxylation is 1. The van der Waals surface area contributed by atoms with Gasteiger partial charge in [0.1, 0.15) is 5.82 Å². The van der Waals surface area contributed by atoms with Crippen molar-refractivity contribution >= 4 is 11.8 Å². The fourth-order valence-electron chi connectivity index (χ4n) is 1.59. The van der Waals surface area contributed by atoms with Crippen LogP contribution in [0, 0.1) is 6.92 Å². The van der Waals surface area contributed by atoms with Crippen LogP contribution in [0.4, 0.5) is 23.7 Å². The number of nitrogens with zero attached hydrogens (tertiary/aromatic N) is 3. The highest BCUT2D eigenvalue weighted by Gasteiger charge is 2.41. The zero-order valence-corrected chi connectivity index (χ0v) is 10.9. The van der Waals surface area contributed by atoms with Gasteiger partial charge in [0.15, 0.2) is 5.69 Å². The monoisotopic (exact) mass is 277 g/mol. The van der Waals surface area contributed by atoms with Crippen LogP contribution in [0.15, 0.2) is 6.20 Å². The highest BCUT2D eigenvalue weighted by molar-refractivity contribution is 5.88. The van der Waals surface area contributed by atoms with Crippen LogP contribution < -0.4 is 4.90 Å². The number of alkyl halides is 3. The standard InChI is InChI=1S/C11H14F3N3O2/c1-6-15-5-7(8(16-6)11(12,13)14)17(9(18)19)10(2,3)4/h5H,1-4H3,(H,18,19). The largest absolute Gasteiger partial charge is 0.465 e. The molecule has 19 heavy (non-hydrogen) atoms. The molecule has 0 unspecified atom stereocenters. The van der Waals surface area contributed by atoms with Crippen LogP contribution in [0.25, 0.3) is 0 Å². The van der Waals surface area contributed by atoms with E-state index in [4.69, 9.17) is 5.11 Å². The summed E-state index contributed by atoms with van der Waals surface area (Å²) >= 11 is 0. The maximum absolute atomic E-state index is 12.9. The number of carboxylic acid groups (broad SMARTS) is 1. The molecule has 1 amide bonds. The highest BCUT2D eigenvalue weighted by atomic mass is 19.4. The van der Waals surface area contributed by atoms with Crippen LogP contribution in [0.3, 0.4) is 0 Å². The molecule has 1 heterocycles. The van der Waals surface area contributed by atoms with Gasteiger partial charge in [-0.15, -0.1) is 0 Å². The van der Waals surface area contributed by atoms with Crippen LogP contribution in [-0.2, 0) is 6.18 Å². The second kappa shape index (κ2) is 4.67. The van der Waals surface area contributed by atoms with Crippen LogP contribution in [-0.4, -0.2) is 26.7 Å². The average Bonchev–Trinajstić information content (AvgIpc) is 2.16. The lowest BCUT2D eigenvalue weighted by atomic mass is 10.1. The van der Waals surface area contributed by atoms with Crippen molar-refractivity contribution in [2.45, 2.75) is 39.4 Å². The van der Waals surface area contributed by atoms with Gasteiger partial charge >= 0.3 is 12.3 Å². The fraction of sp³-hybridized carbons (Fsp3) is 0.545. The van der Waals surface area contributed by atoms with Gasteiger partial charge in [-0.3, -0.25) is 4.90 Å². The molecule has 1 N–H and O–H groups in total. The molecule has 0 aliphatic rings. The number of hydrogen-bond acceptors (Lipinski definition) is 3. The number of rotatable bonds is 1. The van der Waals surface area contributed by atoms with Crippen molar-refractivity contribution in [1.29, 1.82) is 0 Å². The van der Waals surface area contributed by atoms with E-state index >= 15 is 0 Å². The molecule has 0 radical (unpaired) electrons. The summed E-state index contributed by atoms with van der Waals surface area (Å²) in [5, 5.41) is 9.12. The number of carbonyl (C=O) groups is 1.